The third kappa shape index (κ3) is 5.02. The molecule has 0 atom stereocenters. The smallest absolute Gasteiger partial charge is 0.338 e. The van der Waals surface area contributed by atoms with Gasteiger partial charge in [-0.3, -0.25) is 9.59 Å². The van der Waals surface area contributed by atoms with E-state index >= 15 is 0 Å². The number of hydrogen-bond donors (Lipinski definition) is 0. The number of benzene rings is 3. The Bertz CT molecular complexity index is 1170. The molecular formula is C24H17FO6. The van der Waals surface area contributed by atoms with Gasteiger partial charge in [-0.2, -0.15) is 0 Å². The first-order valence-electron chi connectivity index (χ1n) is 9.05. The van der Waals surface area contributed by atoms with Gasteiger partial charge in [0.25, 0.3) is 12.9 Å². The van der Waals surface area contributed by atoms with E-state index in [-0.39, 0.29) is 23.5 Å². The predicted molar refractivity (Wildman–Crippen MR) is 111 cm³/mol. The van der Waals surface area contributed by atoms with Gasteiger partial charge < -0.3 is 14.2 Å². The normalized spacial score (nSPS) is 10.1. The zero-order valence-corrected chi connectivity index (χ0v) is 16.5. The minimum Gasteiger partial charge on any atom is -0.429 e. The molecule has 0 saturated carbocycles. The summed E-state index contributed by atoms with van der Waals surface area (Å²) in [5.74, 6) is -0.833. The topological polar surface area (TPSA) is 78.9 Å². The van der Waals surface area contributed by atoms with Crippen LogP contribution < -0.4 is 14.2 Å². The van der Waals surface area contributed by atoms with Gasteiger partial charge in [0.15, 0.2) is 11.5 Å². The molecule has 0 aliphatic rings. The van der Waals surface area contributed by atoms with Gasteiger partial charge in [-0.25, -0.2) is 9.18 Å². The summed E-state index contributed by atoms with van der Waals surface area (Å²) >= 11 is 0. The summed E-state index contributed by atoms with van der Waals surface area (Å²) < 4.78 is 29.7. The van der Waals surface area contributed by atoms with Gasteiger partial charge in [0.2, 0.25) is 0 Å². The van der Waals surface area contributed by atoms with Crippen molar-refractivity contribution in [1.82, 2.24) is 0 Å². The second kappa shape index (κ2) is 9.49. The van der Waals surface area contributed by atoms with Crippen molar-refractivity contribution in [2.24, 2.45) is 0 Å². The van der Waals surface area contributed by atoms with Gasteiger partial charge in [0.1, 0.15) is 11.6 Å². The minimum absolute atomic E-state index is 0.00491. The molecule has 0 spiro atoms. The molecule has 0 N–H and O–H groups in total. The second-order valence-corrected chi connectivity index (χ2v) is 6.48. The maximum Gasteiger partial charge on any atom is 0.338 e. The molecule has 0 saturated heterocycles. The molecule has 0 aliphatic heterocycles. The minimum atomic E-state index is -0.667. The summed E-state index contributed by atoms with van der Waals surface area (Å²) in [6.07, 6.45) is 0. The van der Waals surface area contributed by atoms with Crippen LogP contribution in [0.4, 0.5) is 4.39 Å². The van der Waals surface area contributed by atoms with Gasteiger partial charge >= 0.3 is 5.97 Å². The van der Waals surface area contributed by atoms with Crippen molar-refractivity contribution < 1.29 is 33.0 Å². The quantitative estimate of drug-likeness (QED) is 0.227. The highest BCUT2D eigenvalue weighted by Crippen LogP contribution is 2.35. The third-order valence-electron chi connectivity index (χ3n) is 4.30. The average molecular weight is 420 g/mol. The number of hydrogen-bond acceptors (Lipinski definition) is 6. The fourth-order valence-electron chi connectivity index (χ4n) is 2.82. The van der Waals surface area contributed by atoms with Crippen LogP contribution in [0.15, 0.2) is 72.8 Å². The van der Waals surface area contributed by atoms with Crippen LogP contribution in [0.1, 0.15) is 6.92 Å². The van der Waals surface area contributed by atoms with E-state index in [1.807, 2.05) is 0 Å². The Hall–Kier alpha value is -4.26. The van der Waals surface area contributed by atoms with Crippen LogP contribution in [0.3, 0.4) is 0 Å². The number of ether oxygens (including phenoxy) is 3. The van der Waals surface area contributed by atoms with Crippen molar-refractivity contribution >= 4 is 18.9 Å². The van der Waals surface area contributed by atoms with E-state index in [4.69, 9.17) is 14.2 Å². The number of carbonyl (C=O) groups excluding carboxylic acids is 3. The largest absolute Gasteiger partial charge is 0.429 e. The predicted octanol–water partition coefficient (Wildman–Crippen LogP) is 4.71. The number of carbonyl (C=O) groups is 3. The van der Waals surface area contributed by atoms with Gasteiger partial charge in [-0.1, -0.05) is 36.9 Å². The van der Waals surface area contributed by atoms with E-state index < -0.39 is 11.8 Å². The van der Waals surface area contributed by atoms with Crippen molar-refractivity contribution in [3.05, 3.63) is 78.6 Å². The molecule has 7 heteroatoms. The SMILES string of the molecule is C=C(C)C(=O)Oc1ccc(-c2ccc(-c3cccc(OC=O)c3)c(F)c2)cc1OC=O. The zero-order chi connectivity index (χ0) is 22.4. The van der Waals surface area contributed by atoms with Gasteiger partial charge in [0, 0.05) is 11.1 Å². The fraction of sp³-hybridized carbons (Fsp3) is 0.0417. The van der Waals surface area contributed by atoms with Crippen molar-refractivity contribution in [2.45, 2.75) is 6.92 Å². The van der Waals surface area contributed by atoms with Gasteiger partial charge in [0.05, 0.1) is 0 Å². The lowest BCUT2D eigenvalue weighted by Gasteiger charge is -2.12. The maximum atomic E-state index is 14.9. The Morgan fingerprint density at radius 3 is 2.26 bits per heavy atom. The number of esters is 1. The molecule has 31 heavy (non-hydrogen) atoms. The highest BCUT2D eigenvalue weighted by Gasteiger charge is 2.14. The van der Waals surface area contributed by atoms with E-state index in [9.17, 15) is 18.8 Å². The monoisotopic (exact) mass is 420 g/mol. The van der Waals surface area contributed by atoms with Crippen LogP contribution >= 0.6 is 0 Å². The standard InChI is InChI=1S/C24H17FO6/c1-15(2)24(28)31-22-9-7-17(12-23(22)30-14-27)16-6-8-20(21(25)11-16)18-4-3-5-19(10-18)29-13-26/h3-14H,1H2,2H3. The number of rotatable bonds is 8. The summed E-state index contributed by atoms with van der Waals surface area (Å²) in [5.41, 5.74) is 2.08. The molecule has 0 aliphatic carbocycles. The Kier molecular flexibility index (Phi) is 6.57. The molecule has 0 radical (unpaired) electrons. The van der Waals surface area contributed by atoms with Crippen LogP contribution in [0.2, 0.25) is 0 Å². The highest BCUT2D eigenvalue weighted by molar-refractivity contribution is 5.89. The Balaban J connectivity index is 1.95. The van der Waals surface area contributed by atoms with E-state index in [0.717, 1.165) is 0 Å². The zero-order valence-electron chi connectivity index (χ0n) is 16.5. The van der Waals surface area contributed by atoms with E-state index in [1.165, 1.54) is 25.1 Å². The van der Waals surface area contributed by atoms with Crippen LogP contribution in [0.25, 0.3) is 22.3 Å². The first kappa shape index (κ1) is 21.4. The lowest BCUT2D eigenvalue weighted by Crippen LogP contribution is -2.09. The molecule has 3 aromatic carbocycles. The van der Waals surface area contributed by atoms with Crippen LogP contribution in [-0.4, -0.2) is 18.9 Å². The summed E-state index contributed by atoms with van der Waals surface area (Å²) in [4.78, 5) is 33.1. The molecule has 0 heterocycles. The summed E-state index contributed by atoms with van der Waals surface area (Å²) in [6, 6.07) is 15.6. The molecule has 156 valence electrons. The van der Waals surface area contributed by atoms with E-state index in [2.05, 4.69) is 6.58 Å². The molecule has 3 rings (SSSR count). The van der Waals surface area contributed by atoms with Crippen LogP contribution in [-0.2, 0) is 14.4 Å². The lowest BCUT2D eigenvalue weighted by atomic mass is 9.99. The maximum absolute atomic E-state index is 14.9. The Morgan fingerprint density at radius 1 is 0.871 bits per heavy atom. The first-order valence-corrected chi connectivity index (χ1v) is 9.05. The lowest BCUT2D eigenvalue weighted by molar-refractivity contribution is -0.130. The van der Waals surface area contributed by atoms with Crippen molar-refractivity contribution in [3.8, 4) is 39.5 Å². The van der Waals surface area contributed by atoms with Gasteiger partial charge in [-0.15, -0.1) is 0 Å². The van der Waals surface area contributed by atoms with Crippen molar-refractivity contribution in [1.29, 1.82) is 0 Å². The van der Waals surface area contributed by atoms with Crippen molar-refractivity contribution in [2.75, 3.05) is 0 Å². The van der Waals surface area contributed by atoms with Crippen LogP contribution in [0, 0.1) is 5.82 Å². The average Bonchev–Trinajstić information content (AvgIpc) is 2.75. The fourth-order valence-corrected chi connectivity index (χ4v) is 2.82. The summed E-state index contributed by atoms with van der Waals surface area (Å²) in [7, 11) is 0. The molecular weight excluding hydrogens is 403 g/mol. The molecule has 0 fully saturated rings. The molecule has 0 unspecified atom stereocenters. The highest BCUT2D eigenvalue weighted by atomic mass is 19.1. The third-order valence-corrected chi connectivity index (χ3v) is 4.30. The van der Waals surface area contributed by atoms with E-state index in [1.54, 1.807) is 42.5 Å². The molecule has 0 aromatic heterocycles. The number of halogens is 1. The van der Waals surface area contributed by atoms with Gasteiger partial charge in [-0.05, 0) is 53.9 Å². The molecule has 6 nitrogen and oxygen atoms in total. The van der Waals surface area contributed by atoms with Crippen molar-refractivity contribution in [3.63, 3.8) is 0 Å². The first-order chi connectivity index (χ1) is 14.9. The molecule has 3 aromatic rings. The summed E-state index contributed by atoms with van der Waals surface area (Å²) in [6.45, 7) is 5.49. The second-order valence-electron chi connectivity index (χ2n) is 6.48. The summed E-state index contributed by atoms with van der Waals surface area (Å²) in [5, 5.41) is 0. The Morgan fingerprint density at radius 2 is 1.58 bits per heavy atom. The Labute approximate surface area is 177 Å². The van der Waals surface area contributed by atoms with Crippen LogP contribution in [0.5, 0.6) is 17.2 Å². The van der Waals surface area contributed by atoms with E-state index in [0.29, 0.717) is 34.5 Å². The molecule has 0 bridgehead atoms. The molecule has 0 amide bonds.